The molecule has 0 amide bonds. The van der Waals surface area contributed by atoms with Gasteiger partial charge in [-0.05, 0) is 44.9 Å². The number of morpholine rings is 1. The molecular formula is C22H36N4O2. The highest BCUT2D eigenvalue weighted by molar-refractivity contribution is 5.80. The first-order valence-electron chi connectivity index (χ1n) is 10.6. The quantitative estimate of drug-likeness (QED) is 0.600. The van der Waals surface area contributed by atoms with Crippen LogP contribution in [0, 0.1) is 0 Å². The van der Waals surface area contributed by atoms with Gasteiger partial charge in [-0.2, -0.15) is 0 Å². The lowest BCUT2D eigenvalue weighted by molar-refractivity contribution is -0.0166. The number of hydrogen-bond acceptors (Lipinski definition) is 4. The average molecular weight is 389 g/mol. The summed E-state index contributed by atoms with van der Waals surface area (Å²) in [6, 6.07) is 9.39. The molecule has 2 aliphatic rings. The van der Waals surface area contributed by atoms with Crippen LogP contribution in [0.3, 0.4) is 0 Å². The van der Waals surface area contributed by atoms with Gasteiger partial charge < -0.3 is 19.7 Å². The normalized spacial score (nSPS) is 25.0. The second-order valence-corrected chi connectivity index (χ2v) is 7.91. The molecular weight excluding hydrogens is 352 g/mol. The van der Waals surface area contributed by atoms with Crippen LogP contribution in [0.1, 0.15) is 38.7 Å². The predicted molar refractivity (Wildman–Crippen MR) is 114 cm³/mol. The minimum Gasteiger partial charge on any atom is -0.497 e. The molecule has 156 valence electrons. The molecule has 3 rings (SSSR count). The summed E-state index contributed by atoms with van der Waals surface area (Å²) in [6.07, 6.45) is 1.16. The number of nitrogens with zero attached hydrogens (tertiary/aromatic N) is 3. The fraction of sp³-hybridized carbons (Fsp3) is 0.682. The lowest BCUT2D eigenvalue weighted by Gasteiger charge is -2.37. The second kappa shape index (κ2) is 10.1. The Morgan fingerprint density at radius 1 is 1.32 bits per heavy atom. The maximum absolute atomic E-state index is 5.57. The lowest BCUT2D eigenvalue weighted by atomic mass is 9.98. The number of hydrogen-bond donors (Lipinski definition) is 1. The average Bonchev–Trinajstić information content (AvgIpc) is 3.21. The zero-order valence-electron chi connectivity index (χ0n) is 17.9. The summed E-state index contributed by atoms with van der Waals surface area (Å²) in [5, 5.41) is 3.50. The van der Waals surface area contributed by atoms with E-state index in [1.807, 2.05) is 0 Å². The Kier molecular flexibility index (Phi) is 7.57. The fourth-order valence-electron chi connectivity index (χ4n) is 4.24. The smallest absolute Gasteiger partial charge is 0.193 e. The number of methoxy groups -OCH3 is 1. The predicted octanol–water partition coefficient (Wildman–Crippen LogP) is 2.56. The Morgan fingerprint density at radius 2 is 2.11 bits per heavy atom. The topological polar surface area (TPSA) is 49.3 Å². The number of benzene rings is 1. The van der Waals surface area contributed by atoms with Gasteiger partial charge >= 0.3 is 0 Å². The van der Waals surface area contributed by atoms with Crippen molar-refractivity contribution in [1.29, 1.82) is 0 Å². The second-order valence-electron chi connectivity index (χ2n) is 7.91. The summed E-state index contributed by atoms with van der Waals surface area (Å²) in [5.74, 6) is 2.51. The molecule has 3 unspecified atom stereocenters. The molecule has 28 heavy (non-hydrogen) atoms. The molecule has 0 aliphatic carbocycles. The van der Waals surface area contributed by atoms with Crippen molar-refractivity contribution < 1.29 is 9.47 Å². The van der Waals surface area contributed by atoms with Crippen LogP contribution < -0.4 is 10.1 Å². The Bertz CT molecular complexity index is 634. The third-order valence-electron chi connectivity index (χ3n) is 5.90. The molecule has 1 N–H and O–H groups in total. The molecule has 0 saturated carbocycles. The number of nitrogens with one attached hydrogen (secondary N) is 1. The molecule has 2 fully saturated rings. The van der Waals surface area contributed by atoms with Crippen LogP contribution >= 0.6 is 0 Å². The van der Waals surface area contributed by atoms with Gasteiger partial charge in [0.05, 0.1) is 26.9 Å². The van der Waals surface area contributed by atoms with Crippen LogP contribution in [0.4, 0.5) is 0 Å². The van der Waals surface area contributed by atoms with Crippen molar-refractivity contribution in [1.82, 2.24) is 15.1 Å². The molecule has 0 spiro atoms. The maximum atomic E-state index is 5.57. The largest absolute Gasteiger partial charge is 0.497 e. The first-order chi connectivity index (χ1) is 13.6. The fourth-order valence-corrected chi connectivity index (χ4v) is 4.24. The highest BCUT2D eigenvalue weighted by atomic mass is 16.5. The molecule has 1 aromatic rings. The molecule has 0 radical (unpaired) electrons. The Labute approximate surface area is 169 Å². The molecule has 2 aliphatic heterocycles. The van der Waals surface area contributed by atoms with Crippen molar-refractivity contribution in [3.05, 3.63) is 29.8 Å². The highest BCUT2D eigenvalue weighted by Crippen LogP contribution is 2.28. The molecule has 1 aromatic carbocycles. The van der Waals surface area contributed by atoms with Crippen molar-refractivity contribution in [2.75, 3.05) is 53.0 Å². The molecule has 6 nitrogen and oxygen atoms in total. The summed E-state index contributed by atoms with van der Waals surface area (Å²) in [5.41, 5.74) is 1.38. The lowest BCUT2D eigenvalue weighted by Crippen LogP contribution is -2.49. The van der Waals surface area contributed by atoms with Crippen molar-refractivity contribution in [3.8, 4) is 5.75 Å². The van der Waals surface area contributed by atoms with E-state index < -0.39 is 0 Å². The van der Waals surface area contributed by atoms with Crippen molar-refractivity contribution in [2.24, 2.45) is 4.99 Å². The van der Waals surface area contributed by atoms with E-state index in [9.17, 15) is 0 Å². The SMILES string of the molecule is CCNC(=NCC(C)N1CCOCC1C)N1CCC(c2ccc(OC)cc2)C1. The van der Waals surface area contributed by atoms with E-state index in [2.05, 4.69) is 60.2 Å². The molecule has 2 saturated heterocycles. The Balaban J connectivity index is 1.60. The number of rotatable bonds is 6. The molecule has 2 heterocycles. The molecule has 3 atom stereocenters. The van der Waals surface area contributed by atoms with Gasteiger partial charge in [-0.1, -0.05) is 12.1 Å². The van der Waals surface area contributed by atoms with E-state index in [-0.39, 0.29) is 0 Å². The number of likely N-dealkylation sites (tertiary alicyclic amines) is 1. The van der Waals surface area contributed by atoms with Crippen LogP contribution in [0.5, 0.6) is 5.75 Å². The molecule has 0 bridgehead atoms. The van der Waals surface area contributed by atoms with E-state index in [4.69, 9.17) is 14.5 Å². The van der Waals surface area contributed by atoms with Crippen LogP contribution in [0.25, 0.3) is 0 Å². The summed E-state index contributed by atoms with van der Waals surface area (Å²) >= 11 is 0. The minimum atomic E-state index is 0.424. The maximum Gasteiger partial charge on any atom is 0.193 e. The summed E-state index contributed by atoms with van der Waals surface area (Å²) in [7, 11) is 1.71. The van der Waals surface area contributed by atoms with Gasteiger partial charge in [0.1, 0.15) is 5.75 Å². The third kappa shape index (κ3) is 5.17. The van der Waals surface area contributed by atoms with Crippen molar-refractivity contribution in [3.63, 3.8) is 0 Å². The summed E-state index contributed by atoms with van der Waals surface area (Å²) < 4.78 is 10.9. The van der Waals surface area contributed by atoms with Gasteiger partial charge in [-0.3, -0.25) is 9.89 Å². The van der Waals surface area contributed by atoms with Crippen LogP contribution in [0.2, 0.25) is 0 Å². The monoisotopic (exact) mass is 388 g/mol. The number of ether oxygens (including phenoxy) is 2. The molecule has 0 aromatic heterocycles. The Morgan fingerprint density at radius 3 is 2.79 bits per heavy atom. The standard InChI is InChI=1S/C22H36N4O2/c1-5-23-22(24-14-17(2)26-12-13-28-16-18(26)3)25-11-10-20(15-25)19-6-8-21(27-4)9-7-19/h6-9,17-18,20H,5,10-16H2,1-4H3,(H,23,24). The van der Waals surface area contributed by atoms with Crippen LogP contribution in [0.15, 0.2) is 29.3 Å². The van der Waals surface area contributed by atoms with Gasteiger partial charge in [0.25, 0.3) is 0 Å². The third-order valence-corrected chi connectivity index (χ3v) is 5.90. The van der Waals surface area contributed by atoms with Gasteiger partial charge in [0, 0.05) is 44.2 Å². The Hall–Kier alpha value is -1.79. The van der Waals surface area contributed by atoms with Crippen molar-refractivity contribution in [2.45, 2.75) is 45.2 Å². The van der Waals surface area contributed by atoms with E-state index in [1.54, 1.807) is 7.11 Å². The van der Waals surface area contributed by atoms with E-state index >= 15 is 0 Å². The van der Waals surface area contributed by atoms with E-state index in [0.29, 0.717) is 18.0 Å². The van der Waals surface area contributed by atoms with E-state index in [0.717, 1.165) is 64.1 Å². The van der Waals surface area contributed by atoms with Crippen molar-refractivity contribution >= 4 is 5.96 Å². The van der Waals surface area contributed by atoms with E-state index in [1.165, 1.54) is 5.56 Å². The highest BCUT2D eigenvalue weighted by Gasteiger charge is 2.27. The zero-order valence-corrected chi connectivity index (χ0v) is 17.9. The van der Waals surface area contributed by atoms with Crippen LogP contribution in [-0.4, -0.2) is 80.9 Å². The van der Waals surface area contributed by atoms with Crippen LogP contribution in [-0.2, 0) is 4.74 Å². The van der Waals surface area contributed by atoms with Gasteiger partial charge in [0.15, 0.2) is 5.96 Å². The molecule has 6 heteroatoms. The number of aliphatic imine (C=N–C) groups is 1. The first kappa shape index (κ1) is 20.9. The minimum absolute atomic E-state index is 0.424. The zero-order chi connectivity index (χ0) is 19.9. The summed E-state index contributed by atoms with van der Waals surface area (Å²) in [4.78, 5) is 9.91. The van der Waals surface area contributed by atoms with Gasteiger partial charge in [-0.25, -0.2) is 0 Å². The first-order valence-corrected chi connectivity index (χ1v) is 10.6. The van der Waals surface area contributed by atoms with Gasteiger partial charge in [0.2, 0.25) is 0 Å². The summed E-state index contributed by atoms with van der Waals surface area (Å²) in [6.45, 7) is 13.1. The number of guanidine groups is 1. The van der Waals surface area contributed by atoms with Gasteiger partial charge in [-0.15, -0.1) is 0 Å².